The van der Waals surface area contributed by atoms with E-state index in [4.69, 9.17) is 0 Å². The second kappa shape index (κ2) is 5.79. The lowest BCUT2D eigenvalue weighted by molar-refractivity contribution is 0.693. The van der Waals surface area contributed by atoms with Crippen LogP contribution in [0.5, 0.6) is 0 Å². The average molecular weight is 414 g/mol. The van der Waals surface area contributed by atoms with Crippen LogP contribution in [0.15, 0.2) is 75.4 Å². The molecule has 2 aromatic heterocycles. The lowest BCUT2D eigenvalue weighted by Crippen LogP contribution is -2.36. The van der Waals surface area contributed by atoms with Crippen LogP contribution in [0.1, 0.15) is 21.9 Å². The van der Waals surface area contributed by atoms with Crippen molar-refractivity contribution in [3.8, 4) is 0 Å². The molecule has 0 saturated heterocycles. The first-order valence-corrected chi connectivity index (χ1v) is 10.1. The van der Waals surface area contributed by atoms with E-state index < -0.39 is 0 Å². The van der Waals surface area contributed by atoms with Crippen molar-refractivity contribution in [3.63, 3.8) is 0 Å². The van der Waals surface area contributed by atoms with Crippen LogP contribution in [-0.4, -0.2) is 9.97 Å². The summed E-state index contributed by atoms with van der Waals surface area (Å²) in [7, 11) is 0. The van der Waals surface area contributed by atoms with E-state index in [0.29, 0.717) is 0 Å². The molecule has 0 fully saturated rings. The summed E-state index contributed by atoms with van der Waals surface area (Å²) in [4.78, 5) is 11.7. The van der Waals surface area contributed by atoms with Gasteiger partial charge in [0.1, 0.15) is 20.8 Å². The predicted molar refractivity (Wildman–Crippen MR) is 102 cm³/mol. The van der Waals surface area contributed by atoms with Gasteiger partial charge < -0.3 is 4.90 Å². The highest BCUT2D eigenvalue weighted by molar-refractivity contribution is 9.10. The molecule has 0 radical (unpaired) electrons. The van der Waals surface area contributed by atoms with Crippen molar-refractivity contribution in [2.75, 3.05) is 4.90 Å². The Hall–Kier alpha value is -1.50. The molecular formula is C18H12BrN3S2. The molecule has 1 aromatic carbocycles. The summed E-state index contributed by atoms with van der Waals surface area (Å²) in [5, 5.41) is 2.65. The summed E-state index contributed by atoms with van der Waals surface area (Å²) in [6, 6.07) is 17.0. The van der Waals surface area contributed by atoms with Crippen molar-refractivity contribution in [3.05, 3.63) is 76.5 Å². The minimum atomic E-state index is 0.198. The Balaban J connectivity index is 1.71. The number of hydrogen-bond donors (Lipinski definition) is 0. The fourth-order valence-electron chi connectivity index (χ4n) is 3.14. The molecule has 0 aliphatic carbocycles. The van der Waals surface area contributed by atoms with E-state index in [2.05, 4.69) is 67.2 Å². The molecular weight excluding hydrogens is 402 g/mol. The molecule has 3 aromatic rings. The maximum Gasteiger partial charge on any atom is 0.111 e. The molecule has 0 spiro atoms. The van der Waals surface area contributed by atoms with Gasteiger partial charge in [0.2, 0.25) is 0 Å². The van der Waals surface area contributed by atoms with Crippen molar-refractivity contribution in [1.82, 2.24) is 9.97 Å². The molecule has 0 N–H and O–H groups in total. The molecule has 4 heterocycles. The van der Waals surface area contributed by atoms with Crippen molar-refractivity contribution >= 4 is 45.1 Å². The summed E-state index contributed by atoms with van der Waals surface area (Å²) >= 11 is 7.16. The quantitative estimate of drug-likeness (QED) is 0.513. The van der Waals surface area contributed by atoms with Gasteiger partial charge in [0, 0.05) is 33.7 Å². The highest BCUT2D eigenvalue weighted by Crippen LogP contribution is 2.60. The first-order valence-electron chi connectivity index (χ1n) is 7.58. The van der Waals surface area contributed by atoms with Crippen LogP contribution in [0.4, 0.5) is 5.69 Å². The number of aromatic nitrogens is 2. The van der Waals surface area contributed by atoms with Crippen molar-refractivity contribution in [2.24, 2.45) is 0 Å². The standard InChI is InChI=1S/C18H12BrN3S2/c19-11-5-7-12(8-6-11)22-17-13-3-1-9-20-15(13)23-18(22)14-4-2-10-21-16(14)24-17/h1-10,17-18H/t17-,18-/m1/s1. The molecule has 2 aliphatic rings. The third-order valence-electron chi connectivity index (χ3n) is 4.21. The van der Waals surface area contributed by atoms with Gasteiger partial charge in [0.05, 0.1) is 0 Å². The number of anilines is 1. The SMILES string of the molecule is Brc1ccc(N2[C@@H]3Sc4ncccc4[C@H]2Sc2ncccc23)cc1. The Morgan fingerprint density at radius 2 is 1.33 bits per heavy atom. The van der Waals surface area contributed by atoms with Gasteiger partial charge in [0.15, 0.2) is 0 Å². The van der Waals surface area contributed by atoms with Crippen molar-refractivity contribution < 1.29 is 0 Å². The molecule has 0 saturated carbocycles. The summed E-state index contributed by atoms with van der Waals surface area (Å²) in [5.41, 5.74) is 3.75. The van der Waals surface area contributed by atoms with E-state index in [1.54, 1.807) is 0 Å². The van der Waals surface area contributed by atoms with E-state index in [1.807, 2.05) is 48.1 Å². The largest absolute Gasteiger partial charge is 0.338 e. The van der Waals surface area contributed by atoms with E-state index in [-0.39, 0.29) is 10.7 Å². The number of halogens is 1. The molecule has 3 nitrogen and oxygen atoms in total. The lowest BCUT2D eigenvalue weighted by Gasteiger charge is -2.46. The molecule has 2 atom stereocenters. The Kier molecular flexibility index (Phi) is 3.57. The topological polar surface area (TPSA) is 29.0 Å². The smallest absolute Gasteiger partial charge is 0.111 e. The molecule has 6 heteroatoms. The number of fused-ring (bicyclic) bond motifs is 6. The Morgan fingerprint density at radius 1 is 0.792 bits per heavy atom. The van der Waals surface area contributed by atoms with E-state index in [9.17, 15) is 0 Å². The summed E-state index contributed by atoms with van der Waals surface area (Å²) < 4.78 is 1.10. The number of benzene rings is 1. The number of hydrogen-bond acceptors (Lipinski definition) is 5. The van der Waals surface area contributed by atoms with Crippen LogP contribution in [0.3, 0.4) is 0 Å². The maximum atomic E-state index is 4.61. The van der Waals surface area contributed by atoms with Crippen LogP contribution >= 0.6 is 39.5 Å². The zero-order valence-corrected chi connectivity index (χ0v) is 15.7. The van der Waals surface area contributed by atoms with Crippen LogP contribution in [0, 0.1) is 0 Å². The molecule has 5 rings (SSSR count). The van der Waals surface area contributed by atoms with E-state index in [0.717, 1.165) is 14.5 Å². The Morgan fingerprint density at radius 3 is 1.88 bits per heavy atom. The first kappa shape index (κ1) is 14.8. The molecule has 24 heavy (non-hydrogen) atoms. The average Bonchev–Trinajstić information content (AvgIpc) is 2.62. The molecule has 0 amide bonds. The van der Waals surface area contributed by atoms with Crippen molar-refractivity contribution in [2.45, 2.75) is 20.8 Å². The predicted octanol–water partition coefficient (Wildman–Crippen LogP) is 5.65. The maximum absolute atomic E-state index is 4.61. The number of rotatable bonds is 1. The Bertz CT molecular complexity index is 863. The van der Waals surface area contributed by atoms with Gasteiger partial charge in [-0.25, -0.2) is 9.97 Å². The molecule has 2 aliphatic heterocycles. The molecule has 0 unspecified atom stereocenters. The fourth-order valence-corrected chi connectivity index (χ4v) is 6.27. The van der Waals surface area contributed by atoms with Crippen molar-refractivity contribution in [1.29, 1.82) is 0 Å². The highest BCUT2D eigenvalue weighted by atomic mass is 79.9. The monoisotopic (exact) mass is 413 g/mol. The number of thioether (sulfide) groups is 2. The van der Waals surface area contributed by atoms with Crippen LogP contribution in [0.2, 0.25) is 0 Å². The second-order valence-corrected chi connectivity index (χ2v) is 8.67. The van der Waals surface area contributed by atoms with Gasteiger partial charge in [-0.15, -0.1) is 0 Å². The van der Waals surface area contributed by atoms with Crippen LogP contribution < -0.4 is 4.90 Å². The molecule has 118 valence electrons. The number of pyridine rings is 2. The number of nitrogens with zero attached hydrogens (tertiary/aromatic N) is 3. The van der Waals surface area contributed by atoms with Gasteiger partial charge in [-0.05, 0) is 36.4 Å². The zero-order valence-electron chi connectivity index (χ0n) is 12.5. The summed E-state index contributed by atoms with van der Waals surface area (Å²) in [6.45, 7) is 0. The highest BCUT2D eigenvalue weighted by Gasteiger charge is 2.42. The summed E-state index contributed by atoms with van der Waals surface area (Å²) in [5.74, 6) is 0. The van der Waals surface area contributed by atoms with Gasteiger partial charge in [-0.3, -0.25) is 0 Å². The summed E-state index contributed by atoms with van der Waals surface area (Å²) in [6.07, 6.45) is 3.76. The lowest BCUT2D eigenvalue weighted by atomic mass is 10.1. The third-order valence-corrected chi connectivity index (χ3v) is 7.28. The third kappa shape index (κ3) is 2.28. The molecule has 2 bridgehead atoms. The van der Waals surface area contributed by atoms with Crippen LogP contribution in [-0.2, 0) is 0 Å². The minimum Gasteiger partial charge on any atom is -0.338 e. The van der Waals surface area contributed by atoms with Gasteiger partial charge in [-0.2, -0.15) is 0 Å². The van der Waals surface area contributed by atoms with Gasteiger partial charge >= 0.3 is 0 Å². The minimum absolute atomic E-state index is 0.198. The second-order valence-electron chi connectivity index (χ2n) is 5.62. The zero-order chi connectivity index (χ0) is 16.1. The van der Waals surface area contributed by atoms with Gasteiger partial charge in [-0.1, -0.05) is 51.6 Å². The normalized spacial score (nSPS) is 21.1. The Labute approximate surface area is 157 Å². The van der Waals surface area contributed by atoms with Gasteiger partial charge in [0.25, 0.3) is 0 Å². The van der Waals surface area contributed by atoms with Crippen LogP contribution in [0.25, 0.3) is 0 Å². The van der Waals surface area contributed by atoms with E-state index in [1.165, 1.54) is 16.8 Å². The van der Waals surface area contributed by atoms with E-state index >= 15 is 0 Å². The fraction of sp³-hybridized carbons (Fsp3) is 0.111. The first-order chi connectivity index (χ1) is 11.8.